The second-order valence-electron chi connectivity index (χ2n) is 7.87. The average molecular weight is 484 g/mol. The van der Waals surface area contributed by atoms with Gasteiger partial charge in [0.15, 0.2) is 5.76 Å². The van der Waals surface area contributed by atoms with Crippen molar-refractivity contribution in [2.24, 2.45) is 0 Å². The summed E-state index contributed by atoms with van der Waals surface area (Å²) >= 11 is 1.39. The van der Waals surface area contributed by atoms with Gasteiger partial charge in [0.2, 0.25) is 13.2 Å². The lowest BCUT2D eigenvalue weighted by Gasteiger charge is -2.33. The molecule has 0 saturated heterocycles. The maximum atomic E-state index is 9.68. The molecule has 0 radical (unpaired) electrons. The Hall–Kier alpha value is -4.22. The van der Waals surface area contributed by atoms with Gasteiger partial charge in [-0.25, -0.2) is 0 Å². The summed E-state index contributed by atoms with van der Waals surface area (Å²) in [6.45, 7) is 2.17. The van der Waals surface area contributed by atoms with Crippen molar-refractivity contribution in [3.05, 3.63) is 107 Å². The van der Waals surface area contributed by atoms with Crippen molar-refractivity contribution in [1.82, 2.24) is 10.2 Å². The van der Waals surface area contributed by atoms with Crippen LogP contribution in [-0.2, 0) is 14.2 Å². The smallest absolute Gasteiger partial charge is 0.278 e. The van der Waals surface area contributed by atoms with E-state index in [0.717, 1.165) is 27.8 Å². The van der Waals surface area contributed by atoms with Gasteiger partial charge in [-0.2, -0.15) is 5.26 Å². The van der Waals surface area contributed by atoms with Crippen LogP contribution in [0.4, 0.5) is 0 Å². The first-order chi connectivity index (χ1) is 17.1. The first kappa shape index (κ1) is 22.6. The van der Waals surface area contributed by atoms with Gasteiger partial charge in [-0.1, -0.05) is 54.1 Å². The number of rotatable bonds is 7. The van der Waals surface area contributed by atoms with Crippen LogP contribution in [0.1, 0.15) is 22.3 Å². The maximum absolute atomic E-state index is 9.68. The quantitative estimate of drug-likeness (QED) is 0.304. The molecule has 35 heavy (non-hydrogen) atoms. The molecule has 0 bridgehead atoms. The number of ether oxygens (including phenoxy) is 3. The maximum Gasteiger partial charge on any atom is 0.278 e. The van der Waals surface area contributed by atoms with E-state index in [1.807, 2.05) is 61.5 Å². The third-order valence-electron chi connectivity index (χ3n) is 5.77. The minimum Gasteiger partial charge on any atom is -0.497 e. The molecular formula is C27H21N3O4S. The third-order valence-corrected chi connectivity index (χ3v) is 7.11. The molecule has 1 aliphatic rings. The zero-order valence-corrected chi connectivity index (χ0v) is 19.9. The second kappa shape index (κ2) is 9.57. The molecular weight excluding hydrogens is 462 g/mol. The van der Waals surface area contributed by atoms with Gasteiger partial charge >= 0.3 is 0 Å². The number of aryl methyl sites for hydroxylation is 1. The largest absolute Gasteiger partial charge is 0.497 e. The normalized spacial score (nSPS) is 14.3. The first-order valence-electron chi connectivity index (χ1n) is 10.8. The summed E-state index contributed by atoms with van der Waals surface area (Å²) < 4.78 is 21.4. The van der Waals surface area contributed by atoms with Crippen molar-refractivity contribution in [3.63, 3.8) is 0 Å². The summed E-state index contributed by atoms with van der Waals surface area (Å²) in [5.74, 6) is 1.27. The lowest BCUT2D eigenvalue weighted by molar-refractivity contribution is 0.0751. The molecule has 1 unspecified atom stereocenters. The van der Waals surface area contributed by atoms with Gasteiger partial charge in [0, 0.05) is 0 Å². The van der Waals surface area contributed by atoms with Crippen LogP contribution >= 0.6 is 11.8 Å². The predicted octanol–water partition coefficient (Wildman–Crippen LogP) is 5.81. The Labute approximate surface area is 207 Å². The molecule has 1 aliphatic heterocycles. The molecule has 0 fully saturated rings. The first-order valence-corrected chi connectivity index (χ1v) is 11.6. The number of hydrogen-bond acceptors (Lipinski definition) is 8. The summed E-state index contributed by atoms with van der Waals surface area (Å²) in [6.07, 6.45) is 2.94. The Bertz CT molecular complexity index is 1410. The van der Waals surface area contributed by atoms with Crippen LogP contribution in [0.3, 0.4) is 0 Å². The Kier molecular flexibility index (Phi) is 6.17. The van der Waals surface area contributed by atoms with E-state index < -0.39 is 4.75 Å². The summed E-state index contributed by atoms with van der Waals surface area (Å²) in [7, 11) is 1.58. The van der Waals surface area contributed by atoms with Crippen molar-refractivity contribution < 1.29 is 18.6 Å². The molecule has 0 amide bonds. The molecule has 1 atom stereocenters. The van der Waals surface area contributed by atoms with Crippen molar-refractivity contribution in [2.75, 3.05) is 13.9 Å². The molecule has 0 saturated carbocycles. The zero-order valence-electron chi connectivity index (χ0n) is 19.1. The fourth-order valence-electron chi connectivity index (χ4n) is 4.13. The van der Waals surface area contributed by atoms with Gasteiger partial charge in [-0.05, 0) is 59.1 Å². The monoisotopic (exact) mass is 483 g/mol. The zero-order chi connectivity index (χ0) is 24.3. The number of benzene rings is 3. The topological polar surface area (TPSA) is 90.4 Å². The number of nitrogens with zero attached hydrogens (tertiary/aromatic N) is 3. The van der Waals surface area contributed by atoms with Gasteiger partial charge in [0.25, 0.3) is 5.22 Å². The molecule has 3 aromatic carbocycles. The van der Waals surface area contributed by atoms with Gasteiger partial charge in [0.1, 0.15) is 16.8 Å². The van der Waals surface area contributed by atoms with E-state index >= 15 is 0 Å². The van der Waals surface area contributed by atoms with Crippen LogP contribution in [0, 0.1) is 18.3 Å². The Morgan fingerprint density at radius 2 is 1.91 bits per heavy atom. The standard InChI is InChI=1S/C27H21N3O4S/c1-18-4-3-5-22(12-18)27(25-15-32-17-34-25,35-26-30-29-16-33-26)21-8-6-19(7-9-21)24-11-10-23(31-2)13-20(24)14-28/h3-13,15-16H,17H2,1-2H3. The highest BCUT2D eigenvalue weighted by atomic mass is 32.2. The molecule has 2 heterocycles. The minimum atomic E-state index is -0.842. The number of methoxy groups -OCH3 is 1. The Balaban J connectivity index is 1.67. The summed E-state index contributed by atoms with van der Waals surface area (Å²) in [5, 5.41) is 18.1. The van der Waals surface area contributed by atoms with Crippen LogP contribution in [0.25, 0.3) is 11.1 Å². The number of thioether (sulfide) groups is 1. The van der Waals surface area contributed by atoms with E-state index in [4.69, 9.17) is 18.6 Å². The fourth-order valence-corrected chi connectivity index (χ4v) is 5.27. The molecule has 4 aromatic rings. The van der Waals surface area contributed by atoms with Gasteiger partial charge in [-0.3, -0.25) is 0 Å². The average Bonchev–Trinajstić information content (AvgIpc) is 3.62. The van der Waals surface area contributed by atoms with Crippen LogP contribution in [0.5, 0.6) is 5.75 Å². The highest BCUT2D eigenvalue weighted by Gasteiger charge is 2.45. The van der Waals surface area contributed by atoms with Crippen molar-refractivity contribution in [2.45, 2.75) is 16.9 Å². The Morgan fingerprint density at radius 1 is 1.06 bits per heavy atom. The number of hydrogen-bond donors (Lipinski definition) is 0. The highest BCUT2D eigenvalue weighted by Crippen LogP contribution is 2.53. The number of aromatic nitrogens is 2. The Morgan fingerprint density at radius 3 is 2.57 bits per heavy atom. The van der Waals surface area contributed by atoms with E-state index in [1.165, 1.54) is 18.2 Å². The van der Waals surface area contributed by atoms with Crippen LogP contribution in [0.2, 0.25) is 0 Å². The van der Waals surface area contributed by atoms with E-state index in [2.05, 4.69) is 22.3 Å². The third kappa shape index (κ3) is 4.22. The summed E-state index contributed by atoms with van der Waals surface area (Å²) in [6, 6.07) is 24.0. The minimum absolute atomic E-state index is 0.128. The SMILES string of the molecule is COc1ccc(-c2ccc(C(Sc3nnco3)(C3=COCO3)c3cccc(C)c3)cc2)c(C#N)c1. The second-order valence-corrected chi connectivity index (χ2v) is 9.03. The molecule has 0 spiro atoms. The van der Waals surface area contributed by atoms with Crippen molar-refractivity contribution in [1.29, 1.82) is 5.26 Å². The lowest BCUT2D eigenvalue weighted by Crippen LogP contribution is -2.27. The van der Waals surface area contributed by atoms with Crippen LogP contribution < -0.4 is 4.74 Å². The molecule has 1 aromatic heterocycles. The summed E-state index contributed by atoms with van der Waals surface area (Å²) in [4.78, 5) is 0. The molecule has 8 heteroatoms. The molecule has 0 aliphatic carbocycles. The van der Waals surface area contributed by atoms with Crippen LogP contribution in [-0.4, -0.2) is 24.1 Å². The summed E-state index contributed by atoms with van der Waals surface area (Å²) in [5.41, 5.74) is 5.28. The van der Waals surface area contributed by atoms with Gasteiger partial charge in [-0.15, -0.1) is 10.2 Å². The van der Waals surface area contributed by atoms with E-state index in [1.54, 1.807) is 19.4 Å². The molecule has 0 N–H and O–H groups in total. The fraction of sp³-hybridized carbons (Fsp3) is 0.148. The number of nitriles is 1. The van der Waals surface area contributed by atoms with E-state index in [0.29, 0.717) is 22.3 Å². The van der Waals surface area contributed by atoms with Gasteiger partial charge in [0.05, 0.1) is 18.7 Å². The van der Waals surface area contributed by atoms with Crippen molar-refractivity contribution >= 4 is 11.8 Å². The van der Waals surface area contributed by atoms with E-state index in [-0.39, 0.29) is 6.79 Å². The highest BCUT2D eigenvalue weighted by molar-refractivity contribution is 8.00. The van der Waals surface area contributed by atoms with Gasteiger partial charge < -0.3 is 18.6 Å². The molecule has 174 valence electrons. The van der Waals surface area contributed by atoms with E-state index in [9.17, 15) is 5.26 Å². The molecule has 5 rings (SSSR count). The molecule has 7 nitrogen and oxygen atoms in total. The van der Waals surface area contributed by atoms with Crippen molar-refractivity contribution in [3.8, 4) is 22.9 Å². The lowest BCUT2D eigenvalue weighted by atomic mass is 9.86. The van der Waals surface area contributed by atoms with Crippen LogP contribution in [0.15, 0.2) is 94.8 Å². The predicted molar refractivity (Wildman–Crippen MR) is 130 cm³/mol.